The van der Waals surface area contributed by atoms with Crippen molar-refractivity contribution in [1.29, 1.82) is 0 Å². The zero-order valence-corrected chi connectivity index (χ0v) is 12.1. The van der Waals surface area contributed by atoms with Gasteiger partial charge in [-0.2, -0.15) is 0 Å². The summed E-state index contributed by atoms with van der Waals surface area (Å²) in [5.74, 6) is -0.846. The van der Waals surface area contributed by atoms with Crippen molar-refractivity contribution in [3.05, 3.63) is 58.6 Å². The molecule has 0 aromatic heterocycles. The molecule has 2 rings (SSSR count). The van der Waals surface area contributed by atoms with Crippen LogP contribution in [0.4, 0.5) is 18.9 Å². The van der Waals surface area contributed by atoms with E-state index in [0.29, 0.717) is 10.7 Å². The van der Waals surface area contributed by atoms with Crippen molar-refractivity contribution in [2.24, 2.45) is 0 Å². The van der Waals surface area contributed by atoms with Gasteiger partial charge >= 0.3 is 6.36 Å². The molecule has 0 saturated heterocycles. The summed E-state index contributed by atoms with van der Waals surface area (Å²) in [4.78, 5) is 12.0. The number of carbonyl (C=O) groups is 1. The molecule has 22 heavy (non-hydrogen) atoms. The molecule has 0 bridgehead atoms. The van der Waals surface area contributed by atoms with Gasteiger partial charge in [-0.3, -0.25) is 4.79 Å². The Balaban J connectivity index is 2.08. The van der Waals surface area contributed by atoms with Gasteiger partial charge in [0.05, 0.1) is 0 Å². The van der Waals surface area contributed by atoms with Crippen molar-refractivity contribution in [2.45, 2.75) is 13.3 Å². The highest BCUT2D eigenvalue weighted by Gasteiger charge is 2.31. The fraction of sp³-hybridized carbons (Fsp3) is 0.133. The van der Waals surface area contributed by atoms with Gasteiger partial charge < -0.3 is 10.1 Å². The van der Waals surface area contributed by atoms with Crippen LogP contribution in [-0.4, -0.2) is 12.3 Å². The van der Waals surface area contributed by atoms with E-state index in [9.17, 15) is 18.0 Å². The minimum absolute atomic E-state index is 0.200. The van der Waals surface area contributed by atoms with E-state index in [1.807, 2.05) is 6.92 Å². The Labute approximate surface area is 129 Å². The summed E-state index contributed by atoms with van der Waals surface area (Å²) in [5, 5.41) is 3.11. The summed E-state index contributed by atoms with van der Waals surface area (Å²) in [6.07, 6.45) is -4.76. The van der Waals surface area contributed by atoms with Crippen molar-refractivity contribution < 1.29 is 22.7 Å². The summed E-state index contributed by atoms with van der Waals surface area (Å²) in [6, 6.07) is 9.65. The third-order valence-corrected chi connectivity index (χ3v) is 3.19. The number of ether oxygens (including phenoxy) is 1. The summed E-state index contributed by atoms with van der Waals surface area (Å²) in [6.45, 7) is 1.83. The Morgan fingerprint density at radius 3 is 2.32 bits per heavy atom. The lowest BCUT2D eigenvalue weighted by Crippen LogP contribution is -2.17. The van der Waals surface area contributed by atoms with E-state index in [4.69, 9.17) is 11.6 Å². The van der Waals surface area contributed by atoms with Crippen LogP contribution in [0.25, 0.3) is 0 Å². The van der Waals surface area contributed by atoms with Crippen LogP contribution in [0.2, 0.25) is 5.02 Å². The molecule has 116 valence electrons. The maximum atomic E-state index is 12.0. The maximum Gasteiger partial charge on any atom is 0.573 e. The van der Waals surface area contributed by atoms with Crippen LogP contribution in [0.15, 0.2) is 42.5 Å². The molecule has 0 aliphatic heterocycles. The lowest BCUT2D eigenvalue weighted by molar-refractivity contribution is -0.274. The Morgan fingerprint density at radius 1 is 1.14 bits per heavy atom. The molecule has 0 spiro atoms. The lowest BCUT2D eigenvalue weighted by Gasteiger charge is -2.10. The third-order valence-electron chi connectivity index (χ3n) is 2.78. The topological polar surface area (TPSA) is 38.3 Å². The first-order valence-corrected chi connectivity index (χ1v) is 6.56. The molecular weight excluding hydrogens is 319 g/mol. The van der Waals surface area contributed by atoms with Gasteiger partial charge in [-0.15, -0.1) is 13.2 Å². The molecule has 0 fully saturated rings. The first-order chi connectivity index (χ1) is 10.2. The van der Waals surface area contributed by atoms with Crippen LogP contribution in [0, 0.1) is 6.92 Å². The monoisotopic (exact) mass is 329 g/mol. The Bertz CT molecular complexity index is 684. The number of hydrogen-bond donors (Lipinski definition) is 1. The average Bonchev–Trinajstić information content (AvgIpc) is 2.42. The highest BCUT2D eigenvalue weighted by Crippen LogP contribution is 2.24. The van der Waals surface area contributed by atoms with Crippen molar-refractivity contribution in [3.63, 3.8) is 0 Å². The number of nitrogens with one attached hydrogen (secondary N) is 1. The predicted molar refractivity (Wildman–Crippen MR) is 77.3 cm³/mol. The maximum absolute atomic E-state index is 12.0. The van der Waals surface area contributed by atoms with Gasteiger partial charge in [0.1, 0.15) is 5.75 Å². The van der Waals surface area contributed by atoms with Gasteiger partial charge in [0, 0.05) is 16.3 Å². The number of benzene rings is 2. The Morgan fingerprint density at radius 2 is 1.77 bits per heavy atom. The minimum atomic E-state index is -4.76. The molecular formula is C15H11ClF3NO2. The molecule has 0 unspecified atom stereocenters. The van der Waals surface area contributed by atoms with Crippen molar-refractivity contribution in [2.75, 3.05) is 5.32 Å². The van der Waals surface area contributed by atoms with E-state index < -0.39 is 12.3 Å². The van der Waals surface area contributed by atoms with Crippen LogP contribution >= 0.6 is 11.6 Å². The number of carbonyl (C=O) groups excluding carboxylic acids is 1. The van der Waals surface area contributed by atoms with Crippen molar-refractivity contribution >= 4 is 23.2 Å². The van der Waals surface area contributed by atoms with E-state index in [2.05, 4.69) is 10.1 Å². The van der Waals surface area contributed by atoms with E-state index in [0.717, 1.165) is 17.7 Å². The lowest BCUT2D eigenvalue weighted by atomic mass is 10.2. The van der Waals surface area contributed by atoms with Crippen molar-refractivity contribution in [1.82, 2.24) is 0 Å². The molecule has 0 aliphatic rings. The van der Waals surface area contributed by atoms with Gasteiger partial charge in [0.25, 0.3) is 5.91 Å². The molecule has 1 amide bonds. The Hall–Kier alpha value is -2.21. The van der Waals surface area contributed by atoms with Crippen LogP contribution < -0.4 is 10.1 Å². The minimum Gasteiger partial charge on any atom is -0.406 e. The number of alkyl halides is 3. The Kier molecular flexibility index (Phi) is 4.61. The standard InChI is InChI=1S/C15H11ClF3NO2/c1-9-2-5-11(8-13(9)16)20-14(21)10-3-6-12(7-4-10)22-15(17,18)19/h2-8H,1H3,(H,20,21). The zero-order chi connectivity index (χ0) is 16.3. The van der Waals surface area contributed by atoms with E-state index in [-0.39, 0.29) is 11.3 Å². The van der Waals surface area contributed by atoms with Gasteiger partial charge in [0.15, 0.2) is 0 Å². The second-order valence-corrected chi connectivity index (χ2v) is 4.90. The quantitative estimate of drug-likeness (QED) is 0.878. The van der Waals surface area contributed by atoms with Gasteiger partial charge in [0.2, 0.25) is 0 Å². The summed E-state index contributed by atoms with van der Waals surface area (Å²) >= 11 is 5.95. The number of hydrogen-bond acceptors (Lipinski definition) is 2. The SMILES string of the molecule is Cc1ccc(NC(=O)c2ccc(OC(F)(F)F)cc2)cc1Cl. The van der Waals surface area contributed by atoms with E-state index in [1.165, 1.54) is 12.1 Å². The first kappa shape index (κ1) is 16.2. The van der Waals surface area contributed by atoms with Crippen LogP contribution in [0.1, 0.15) is 15.9 Å². The van der Waals surface area contributed by atoms with Crippen molar-refractivity contribution in [3.8, 4) is 5.75 Å². The van der Waals surface area contributed by atoms with E-state index >= 15 is 0 Å². The van der Waals surface area contributed by atoms with Crippen LogP contribution in [-0.2, 0) is 0 Å². The highest BCUT2D eigenvalue weighted by molar-refractivity contribution is 6.31. The highest BCUT2D eigenvalue weighted by atomic mass is 35.5. The molecule has 0 atom stereocenters. The normalized spacial score (nSPS) is 11.1. The molecule has 2 aromatic carbocycles. The molecule has 0 heterocycles. The van der Waals surface area contributed by atoms with Gasteiger partial charge in [-0.25, -0.2) is 0 Å². The predicted octanol–water partition coefficient (Wildman–Crippen LogP) is 4.80. The first-order valence-electron chi connectivity index (χ1n) is 6.18. The molecule has 1 N–H and O–H groups in total. The molecule has 3 nitrogen and oxygen atoms in total. The molecule has 0 radical (unpaired) electrons. The number of anilines is 1. The van der Waals surface area contributed by atoms with Crippen LogP contribution in [0.3, 0.4) is 0 Å². The second kappa shape index (κ2) is 6.27. The summed E-state index contributed by atoms with van der Waals surface area (Å²) in [5.41, 5.74) is 1.57. The number of rotatable bonds is 3. The smallest absolute Gasteiger partial charge is 0.406 e. The van der Waals surface area contributed by atoms with Gasteiger partial charge in [-0.1, -0.05) is 17.7 Å². The van der Waals surface area contributed by atoms with Gasteiger partial charge in [-0.05, 0) is 48.9 Å². The summed E-state index contributed by atoms with van der Waals surface area (Å²) < 4.78 is 39.9. The third kappa shape index (κ3) is 4.39. The zero-order valence-electron chi connectivity index (χ0n) is 11.4. The molecule has 2 aromatic rings. The largest absolute Gasteiger partial charge is 0.573 e. The summed E-state index contributed by atoms with van der Waals surface area (Å²) in [7, 11) is 0. The average molecular weight is 330 g/mol. The number of halogens is 4. The molecule has 7 heteroatoms. The van der Waals surface area contributed by atoms with Crippen LogP contribution in [0.5, 0.6) is 5.75 Å². The fourth-order valence-corrected chi connectivity index (χ4v) is 1.86. The van der Waals surface area contributed by atoms with E-state index in [1.54, 1.807) is 18.2 Å². The second-order valence-electron chi connectivity index (χ2n) is 4.49. The number of amides is 1. The fourth-order valence-electron chi connectivity index (χ4n) is 1.68. The molecule has 0 aliphatic carbocycles. The number of aryl methyl sites for hydroxylation is 1. The molecule has 0 saturated carbocycles.